The van der Waals surface area contributed by atoms with Crippen molar-refractivity contribution in [1.82, 2.24) is 5.32 Å². The number of hydrogen-bond acceptors (Lipinski definition) is 1. The molecule has 21 heavy (non-hydrogen) atoms. The van der Waals surface area contributed by atoms with E-state index in [1.165, 1.54) is 0 Å². The van der Waals surface area contributed by atoms with Gasteiger partial charge in [-0.3, -0.25) is 0 Å². The van der Waals surface area contributed by atoms with Gasteiger partial charge in [0.1, 0.15) is 0 Å². The Morgan fingerprint density at radius 2 is 1.90 bits per heavy atom. The van der Waals surface area contributed by atoms with Crippen molar-refractivity contribution in [3.05, 3.63) is 68.7 Å². The number of nitrogens with one attached hydrogen (secondary N) is 2. The summed E-state index contributed by atoms with van der Waals surface area (Å²) in [6.07, 6.45) is 3.35. The van der Waals surface area contributed by atoms with E-state index >= 15 is 0 Å². The minimum Gasteiger partial charge on any atom is -0.314 e. The van der Waals surface area contributed by atoms with E-state index in [0.29, 0.717) is 15.7 Å². The van der Waals surface area contributed by atoms with E-state index < -0.39 is 0 Å². The quantitative estimate of drug-likeness (QED) is 0.714. The van der Waals surface area contributed by atoms with Gasteiger partial charge in [0.05, 0.1) is 10.0 Å². The number of anilines is 1. The van der Waals surface area contributed by atoms with Crippen LogP contribution in [0.4, 0.5) is 10.5 Å². The third-order valence-electron chi connectivity index (χ3n) is 2.52. The fourth-order valence-corrected chi connectivity index (χ4v) is 2.28. The van der Waals surface area contributed by atoms with E-state index in [9.17, 15) is 4.79 Å². The second-order valence-corrected chi connectivity index (χ2v) is 5.85. The van der Waals surface area contributed by atoms with Gasteiger partial charge in [-0.2, -0.15) is 0 Å². The van der Waals surface area contributed by atoms with Gasteiger partial charge in [0.2, 0.25) is 0 Å². The molecule has 0 atom stereocenters. The molecule has 2 aromatic carbocycles. The predicted molar refractivity (Wildman–Crippen MR) is 91.8 cm³/mol. The van der Waals surface area contributed by atoms with Crippen molar-refractivity contribution >= 4 is 56.9 Å². The van der Waals surface area contributed by atoms with Crippen molar-refractivity contribution in [2.24, 2.45) is 0 Å². The summed E-state index contributed by atoms with van der Waals surface area (Å²) in [7, 11) is 0. The lowest BCUT2D eigenvalue weighted by Crippen LogP contribution is -2.23. The molecule has 0 aromatic heterocycles. The Hall–Kier alpha value is -1.49. The molecular formula is C15H11BrCl2N2O. The van der Waals surface area contributed by atoms with Crippen LogP contribution in [0, 0.1) is 0 Å². The molecule has 0 unspecified atom stereocenters. The fourth-order valence-electron chi connectivity index (χ4n) is 1.56. The number of carbonyl (C=O) groups is 1. The number of benzene rings is 2. The van der Waals surface area contributed by atoms with E-state index in [-0.39, 0.29) is 6.03 Å². The molecular weight excluding hydrogens is 375 g/mol. The van der Waals surface area contributed by atoms with Gasteiger partial charge in [-0.1, -0.05) is 51.3 Å². The van der Waals surface area contributed by atoms with Crippen LogP contribution in [0.15, 0.2) is 53.1 Å². The lowest BCUT2D eigenvalue weighted by atomic mass is 10.2. The van der Waals surface area contributed by atoms with E-state index in [1.807, 2.05) is 24.3 Å². The van der Waals surface area contributed by atoms with Crippen molar-refractivity contribution in [3.8, 4) is 0 Å². The zero-order chi connectivity index (χ0) is 15.2. The van der Waals surface area contributed by atoms with E-state index in [1.54, 1.807) is 30.5 Å². The van der Waals surface area contributed by atoms with Gasteiger partial charge in [-0.15, -0.1) is 0 Å². The van der Waals surface area contributed by atoms with Gasteiger partial charge >= 0.3 is 6.03 Å². The highest BCUT2D eigenvalue weighted by molar-refractivity contribution is 9.10. The Morgan fingerprint density at radius 3 is 2.62 bits per heavy atom. The predicted octanol–water partition coefficient (Wildman–Crippen LogP) is 5.55. The summed E-state index contributed by atoms with van der Waals surface area (Å²) in [5.41, 5.74) is 1.54. The van der Waals surface area contributed by atoms with E-state index in [2.05, 4.69) is 26.6 Å². The van der Waals surface area contributed by atoms with Gasteiger partial charge in [0, 0.05) is 16.4 Å². The summed E-state index contributed by atoms with van der Waals surface area (Å²) >= 11 is 15.1. The van der Waals surface area contributed by atoms with Crippen LogP contribution in [-0.2, 0) is 0 Å². The van der Waals surface area contributed by atoms with Gasteiger partial charge in [-0.05, 0) is 42.0 Å². The zero-order valence-electron chi connectivity index (χ0n) is 10.7. The molecule has 2 rings (SSSR count). The maximum Gasteiger partial charge on any atom is 0.323 e. The molecule has 0 heterocycles. The zero-order valence-corrected chi connectivity index (χ0v) is 13.8. The molecule has 2 amide bonds. The van der Waals surface area contributed by atoms with Crippen LogP contribution in [0.5, 0.6) is 0 Å². The second kappa shape index (κ2) is 7.50. The molecule has 0 aliphatic carbocycles. The lowest BCUT2D eigenvalue weighted by Gasteiger charge is -2.05. The van der Waals surface area contributed by atoms with Crippen LogP contribution < -0.4 is 10.6 Å². The van der Waals surface area contributed by atoms with Crippen molar-refractivity contribution < 1.29 is 4.79 Å². The first-order valence-corrected chi connectivity index (χ1v) is 7.54. The van der Waals surface area contributed by atoms with E-state index in [4.69, 9.17) is 23.2 Å². The highest BCUT2D eigenvalue weighted by Crippen LogP contribution is 2.24. The third-order valence-corrected chi connectivity index (χ3v) is 3.75. The normalized spacial score (nSPS) is 10.6. The van der Waals surface area contributed by atoms with Crippen LogP contribution in [0.3, 0.4) is 0 Å². The highest BCUT2D eigenvalue weighted by atomic mass is 79.9. The number of urea groups is 1. The summed E-state index contributed by atoms with van der Waals surface area (Å²) in [5, 5.41) is 6.10. The number of rotatable bonds is 3. The van der Waals surface area contributed by atoms with Gasteiger partial charge in [0.15, 0.2) is 0 Å². The first-order valence-electron chi connectivity index (χ1n) is 5.99. The molecule has 108 valence electrons. The van der Waals surface area contributed by atoms with Crippen molar-refractivity contribution in [2.45, 2.75) is 0 Å². The SMILES string of the molecule is O=C(N/C=C/c1cccc(Br)c1)Nc1ccc(Cl)c(Cl)c1. The Balaban J connectivity index is 1.91. The first-order chi connectivity index (χ1) is 10.0. The van der Waals surface area contributed by atoms with Crippen LogP contribution in [0.2, 0.25) is 10.0 Å². The molecule has 0 fully saturated rings. The van der Waals surface area contributed by atoms with Crippen LogP contribution >= 0.6 is 39.1 Å². The molecule has 0 radical (unpaired) electrons. The minimum atomic E-state index is -0.361. The smallest absolute Gasteiger partial charge is 0.314 e. The Bertz CT molecular complexity index is 689. The summed E-state index contributed by atoms with van der Waals surface area (Å²) < 4.78 is 0.977. The highest BCUT2D eigenvalue weighted by Gasteiger charge is 2.02. The average Bonchev–Trinajstić information content (AvgIpc) is 2.43. The van der Waals surface area contributed by atoms with Gasteiger partial charge < -0.3 is 10.6 Å². The summed E-state index contributed by atoms with van der Waals surface area (Å²) in [6.45, 7) is 0. The molecule has 0 saturated carbocycles. The molecule has 2 N–H and O–H groups in total. The second-order valence-electron chi connectivity index (χ2n) is 4.12. The average molecular weight is 386 g/mol. The van der Waals surface area contributed by atoms with Gasteiger partial charge in [-0.25, -0.2) is 4.79 Å². The van der Waals surface area contributed by atoms with Crippen LogP contribution in [0.1, 0.15) is 5.56 Å². The topological polar surface area (TPSA) is 41.1 Å². The monoisotopic (exact) mass is 384 g/mol. The van der Waals surface area contributed by atoms with Crippen molar-refractivity contribution in [1.29, 1.82) is 0 Å². The molecule has 6 heteroatoms. The minimum absolute atomic E-state index is 0.361. The molecule has 0 aliphatic rings. The first kappa shape index (κ1) is 15.9. The Labute approximate surface area is 141 Å². The van der Waals surface area contributed by atoms with Crippen molar-refractivity contribution in [2.75, 3.05) is 5.32 Å². The number of amides is 2. The largest absolute Gasteiger partial charge is 0.323 e. The molecule has 0 bridgehead atoms. The molecule has 0 spiro atoms. The summed E-state index contributed by atoms with van der Waals surface area (Å²) in [6, 6.07) is 12.2. The number of hydrogen-bond donors (Lipinski definition) is 2. The van der Waals surface area contributed by atoms with Gasteiger partial charge in [0.25, 0.3) is 0 Å². The van der Waals surface area contributed by atoms with Crippen LogP contribution in [0.25, 0.3) is 6.08 Å². The van der Waals surface area contributed by atoms with Crippen molar-refractivity contribution in [3.63, 3.8) is 0 Å². The summed E-state index contributed by atoms with van der Waals surface area (Å²) in [4.78, 5) is 11.7. The molecule has 3 nitrogen and oxygen atoms in total. The Kier molecular flexibility index (Phi) is 5.67. The Morgan fingerprint density at radius 1 is 1.10 bits per heavy atom. The maximum atomic E-state index is 11.7. The summed E-state index contributed by atoms with van der Waals surface area (Å²) in [5.74, 6) is 0. The van der Waals surface area contributed by atoms with Crippen LogP contribution in [-0.4, -0.2) is 6.03 Å². The standard InChI is InChI=1S/C15H11BrCl2N2O/c16-11-3-1-2-10(8-11)6-7-19-15(21)20-12-4-5-13(17)14(18)9-12/h1-9H,(H2,19,20,21)/b7-6+. The third kappa shape index (κ3) is 5.08. The lowest BCUT2D eigenvalue weighted by molar-refractivity contribution is 0.255. The number of halogens is 3. The molecule has 0 saturated heterocycles. The molecule has 2 aromatic rings. The fraction of sp³-hybridized carbons (Fsp3) is 0. The van der Waals surface area contributed by atoms with E-state index in [0.717, 1.165) is 10.0 Å². The molecule has 0 aliphatic heterocycles. The number of carbonyl (C=O) groups excluding carboxylic acids is 1. The maximum absolute atomic E-state index is 11.7.